The van der Waals surface area contributed by atoms with Crippen molar-refractivity contribution in [2.45, 2.75) is 25.6 Å². The number of para-hydroxylation sites is 1. The third kappa shape index (κ3) is 2.88. The van der Waals surface area contributed by atoms with Crippen molar-refractivity contribution in [2.24, 2.45) is 0 Å². The Morgan fingerprint density at radius 3 is 3.15 bits per heavy atom. The number of furan rings is 1. The Hall–Kier alpha value is -3.12. The van der Waals surface area contributed by atoms with Gasteiger partial charge in [-0.2, -0.15) is 5.10 Å². The number of aromatic nitrogens is 4. The fourth-order valence-corrected chi connectivity index (χ4v) is 3.90. The van der Waals surface area contributed by atoms with Crippen molar-refractivity contribution in [3.63, 3.8) is 0 Å². The van der Waals surface area contributed by atoms with Gasteiger partial charge < -0.3 is 9.40 Å². The molecule has 0 unspecified atom stereocenters. The van der Waals surface area contributed by atoms with Crippen LogP contribution in [0.3, 0.4) is 0 Å². The van der Waals surface area contributed by atoms with Gasteiger partial charge in [-0.15, -0.1) is 6.58 Å². The number of nitrogens with one attached hydrogen (secondary N) is 1. The molecule has 0 aliphatic carbocycles. The van der Waals surface area contributed by atoms with Crippen LogP contribution in [0.25, 0.3) is 11.0 Å². The zero-order valence-corrected chi connectivity index (χ0v) is 15.0. The van der Waals surface area contributed by atoms with Crippen molar-refractivity contribution < 1.29 is 4.42 Å². The van der Waals surface area contributed by atoms with E-state index in [1.807, 2.05) is 35.2 Å². The number of rotatable bonds is 5. The van der Waals surface area contributed by atoms with E-state index in [-0.39, 0.29) is 6.04 Å². The molecule has 0 saturated heterocycles. The molecule has 0 saturated carbocycles. The van der Waals surface area contributed by atoms with Gasteiger partial charge in [-0.3, -0.25) is 9.58 Å². The van der Waals surface area contributed by atoms with Gasteiger partial charge in [0.25, 0.3) is 0 Å². The van der Waals surface area contributed by atoms with Crippen LogP contribution in [-0.4, -0.2) is 31.2 Å². The van der Waals surface area contributed by atoms with Crippen LogP contribution in [0.4, 0.5) is 0 Å². The molecule has 6 heteroatoms. The Morgan fingerprint density at radius 2 is 2.26 bits per heavy atom. The zero-order chi connectivity index (χ0) is 18.2. The molecule has 5 rings (SSSR count). The van der Waals surface area contributed by atoms with E-state index in [2.05, 4.69) is 44.9 Å². The molecule has 1 aliphatic rings. The van der Waals surface area contributed by atoms with Crippen molar-refractivity contribution in [3.05, 3.63) is 84.4 Å². The second-order valence-corrected chi connectivity index (χ2v) is 6.94. The molecule has 0 radical (unpaired) electrons. The van der Waals surface area contributed by atoms with Crippen molar-refractivity contribution in [2.75, 3.05) is 6.54 Å². The molecule has 0 spiro atoms. The number of H-pyrrole nitrogens is 1. The molecule has 3 aromatic heterocycles. The minimum Gasteiger partial charge on any atom is -0.459 e. The van der Waals surface area contributed by atoms with Crippen LogP contribution < -0.4 is 0 Å². The number of aromatic amines is 1. The summed E-state index contributed by atoms with van der Waals surface area (Å²) in [5, 5.41) is 5.53. The topological polar surface area (TPSA) is 62.9 Å². The molecule has 1 aromatic carbocycles. The molecule has 4 heterocycles. The molecule has 1 N–H and O–H groups in total. The highest BCUT2D eigenvalue weighted by atomic mass is 16.3. The van der Waals surface area contributed by atoms with Crippen molar-refractivity contribution in [3.8, 4) is 0 Å². The second kappa shape index (κ2) is 6.55. The zero-order valence-electron chi connectivity index (χ0n) is 15.0. The normalized spacial score (nSPS) is 17.3. The first-order valence-corrected chi connectivity index (χ1v) is 9.19. The lowest BCUT2D eigenvalue weighted by Crippen LogP contribution is -2.35. The van der Waals surface area contributed by atoms with E-state index in [9.17, 15) is 0 Å². The number of imidazole rings is 1. The quantitative estimate of drug-likeness (QED) is 0.552. The maximum atomic E-state index is 6.22. The number of fused-ring (bicyclic) bond motifs is 2. The van der Waals surface area contributed by atoms with Gasteiger partial charge in [0, 0.05) is 42.4 Å². The smallest absolute Gasteiger partial charge is 0.134 e. The Labute approximate surface area is 157 Å². The van der Waals surface area contributed by atoms with Crippen LogP contribution >= 0.6 is 0 Å². The lowest BCUT2D eigenvalue weighted by atomic mass is 10.00. The Morgan fingerprint density at radius 1 is 1.33 bits per heavy atom. The predicted octanol–water partition coefficient (Wildman–Crippen LogP) is 3.69. The Balaban J connectivity index is 1.52. The van der Waals surface area contributed by atoms with Gasteiger partial charge in [-0.25, -0.2) is 4.98 Å². The summed E-state index contributed by atoms with van der Waals surface area (Å²) in [7, 11) is 0. The van der Waals surface area contributed by atoms with Gasteiger partial charge in [-0.1, -0.05) is 24.3 Å². The molecular weight excluding hydrogens is 338 g/mol. The first kappa shape index (κ1) is 16.1. The molecule has 0 bridgehead atoms. The van der Waals surface area contributed by atoms with Gasteiger partial charge in [0.05, 0.1) is 24.8 Å². The van der Waals surface area contributed by atoms with E-state index >= 15 is 0 Å². The summed E-state index contributed by atoms with van der Waals surface area (Å²) in [6.45, 7) is 6.23. The maximum absolute atomic E-state index is 6.22. The SMILES string of the molecule is C=CCn1cc(CN2CCc3[nH]cnc3[C@H]2c2cc3ccccc3o2)cn1. The van der Waals surface area contributed by atoms with E-state index < -0.39 is 0 Å². The van der Waals surface area contributed by atoms with E-state index in [0.717, 1.165) is 48.5 Å². The summed E-state index contributed by atoms with van der Waals surface area (Å²) < 4.78 is 8.12. The van der Waals surface area contributed by atoms with Gasteiger partial charge in [0.15, 0.2) is 0 Å². The minimum atomic E-state index is -0.00449. The number of nitrogens with zero attached hydrogens (tertiary/aromatic N) is 4. The Bertz CT molecular complexity index is 1060. The molecule has 1 aliphatic heterocycles. The van der Waals surface area contributed by atoms with Crippen LogP contribution in [0.2, 0.25) is 0 Å². The maximum Gasteiger partial charge on any atom is 0.134 e. The van der Waals surface area contributed by atoms with Crippen molar-refractivity contribution in [1.29, 1.82) is 0 Å². The summed E-state index contributed by atoms with van der Waals surface area (Å²) in [6.07, 6.45) is 8.60. The number of allylic oxidation sites excluding steroid dienone is 1. The van der Waals surface area contributed by atoms with Gasteiger partial charge in [0.2, 0.25) is 0 Å². The molecule has 4 aromatic rings. The average Bonchev–Trinajstić information content (AvgIpc) is 3.40. The highest BCUT2D eigenvalue weighted by Crippen LogP contribution is 2.36. The highest BCUT2D eigenvalue weighted by Gasteiger charge is 2.33. The summed E-state index contributed by atoms with van der Waals surface area (Å²) in [5.74, 6) is 0.933. The molecular formula is C21H21N5O. The number of hydrogen-bond acceptors (Lipinski definition) is 4. The van der Waals surface area contributed by atoms with Crippen molar-refractivity contribution >= 4 is 11.0 Å². The largest absolute Gasteiger partial charge is 0.459 e. The monoisotopic (exact) mass is 359 g/mol. The summed E-state index contributed by atoms with van der Waals surface area (Å²) >= 11 is 0. The average molecular weight is 359 g/mol. The lowest BCUT2D eigenvalue weighted by Gasteiger charge is -2.33. The third-order valence-electron chi connectivity index (χ3n) is 5.13. The summed E-state index contributed by atoms with van der Waals surface area (Å²) in [4.78, 5) is 10.3. The number of benzene rings is 1. The first-order chi connectivity index (χ1) is 13.3. The van der Waals surface area contributed by atoms with Crippen LogP contribution in [0.1, 0.15) is 28.8 Å². The fourth-order valence-electron chi connectivity index (χ4n) is 3.90. The van der Waals surface area contributed by atoms with E-state index in [1.165, 1.54) is 11.3 Å². The standard InChI is InChI=1S/C21H21N5O/c1-2-8-26-13-15(11-24-26)12-25-9-7-17-20(23-14-22-17)21(25)19-10-16-5-3-4-6-18(16)27-19/h2-6,10-11,13-14,21H,1,7-9,12H2,(H,22,23)/t21-/m1/s1. The highest BCUT2D eigenvalue weighted by molar-refractivity contribution is 5.78. The van der Waals surface area contributed by atoms with E-state index in [4.69, 9.17) is 4.42 Å². The third-order valence-corrected chi connectivity index (χ3v) is 5.13. The van der Waals surface area contributed by atoms with E-state index in [1.54, 1.807) is 6.33 Å². The molecule has 27 heavy (non-hydrogen) atoms. The van der Waals surface area contributed by atoms with Gasteiger partial charge in [0.1, 0.15) is 17.4 Å². The van der Waals surface area contributed by atoms with Crippen LogP contribution in [0, 0.1) is 0 Å². The van der Waals surface area contributed by atoms with Crippen LogP contribution in [-0.2, 0) is 19.5 Å². The molecule has 0 fully saturated rings. The Kier molecular flexibility index (Phi) is 3.90. The minimum absolute atomic E-state index is 0.00449. The molecule has 136 valence electrons. The molecule has 6 nitrogen and oxygen atoms in total. The van der Waals surface area contributed by atoms with Crippen LogP contribution in [0.5, 0.6) is 0 Å². The summed E-state index contributed by atoms with van der Waals surface area (Å²) in [6, 6.07) is 10.3. The first-order valence-electron chi connectivity index (χ1n) is 9.19. The lowest BCUT2D eigenvalue weighted by molar-refractivity contribution is 0.181. The molecule has 1 atom stereocenters. The van der Waals surface area contributed by atoms with Gasteiger partial charge in [-0.05, 0) is 12.1 Å². The van der Waals surface area contributed by atoms with Gasteiger partial charge >= 0.3 is 0 Å². The summed E-state index contributed by atoms with van der Waals surface area (Å²) in [5.41, 5.74) is 4.34. The number of hydrogen-bond donors (Lipinski definition) is 1. The predicted molar refractivity (Wildman–Crippen MR) is 103 cm³/mol. The second-order valence-electron chi connectivity index (χ2n) is 6.94. The molecule has 0 amide bonds. The van der Waals surface area contributed by atoms with Crippen molar-refractivity contribution in [1.82, 2.24) is 24.6 Å². The van der Waals surface area contributed by atoms with E-state index in [0.29, 0.717) is 0 Å². The van der Waals surface area contributed by atoms with Crippen LogP contribution in [0.15, 0.2) is 66.1 Å². The fraction of sp³-hybridized carbons (Fsp3) is 0.238.